The minimum Gasteiger partial charge on any atom is -0.378 e. The van der Waals surface area contributed by atoms with Crippen molar-refractivity contribution in [2.45, 2.75) is 44.6 Å². The molecule has 2 aliphatic heterocycles. The Morgan fingerprint density at radius 2 is 1.74 bits per heavy atom. The third-order valence-electron chi connectivity index (χ3n) is 5.97. The van der Waals surface area contributed by atoms with Gasteiger partial charge in [0, 0.05) is 32.1 Å². The molecule has 1 saturated carbocycles. The molecule has 1 aromatic rings. The molecule has 0 aromatic heterocycles. The van der Waals surface area contributed by atoms with E-state index in [2.05, 4.69) is 16.3 Å². The first-order valence-electron chi connectivity index (χ1n) is 10.2. The van der Waals surface area contributed by atoms with Gasteiger partial charge in [-0.05, 0) is 25.0 Å². The smallest absolute Gasteiger partial charge is 0.227 e. The molecule has 3 fully saturated rings. The van der Waals surface area contributed by atoms with Crippen LogP contribution in [0.4, 0.5) is 11.4 Å². The van der Waals surface area contributed by atoms with E-state index in [-0.39, 0.29) is 23.8 Å². The third-order valence-corrected chi connectivity index (χ3v) is 5.97. The highest BCUT2D eigenvalue weighted by Gasteiger charge is 2.37. The highest BCUT2D eigenvalue weighted by Crippen LogP contribution is 2.34. The van der Waals surface area contributed by atoms with Gasteiger partial charge in [-0.3, -0.25) is 9.59 Å². The van der Waals surface area contributed by atoms with E-state index in [9.17, 15) is 9.59 Å². The lowest BCUT2D eigenvalue weighted by molar-refractivity contribution is -0.127. The molecular weight excluding hydrogens is 342 g/mol. The molecule has 2 heterocycles. The first kappa shape index (κ1) is 18.3. The maximum atomic E-state index is 12.7. The van der Waals surface area contributed by atoms with Gasteiger partial charge in [0.25, 0.3) is 0 Å². The van der Waals surface area contributed by atoms with Crippen LogP contribution in [0.1, 0.15) is 38.5 Å². The van der Waals surface area contributed by atoms with Gasteiger partial charge in [-0.25, -0.2) is 0 Å². The number of ether oxygens (including phenoxy) is 1. The fourth-order valence-electron chi connectivity index (χ4n) is 4.45. The maximum absolute atomic E-state index is 12.7. The number of para-hydroxylation sites is 2. The molecule has 2 saturated heterocycles. The van der Waals surface area contributed by atoms with Crippen LogP contribution in [0.3, 0.4) is 0 Å². The quantitative estimate of drug-likeness (QED) is 0.882. The number of nitrogens with one attached hydrogen (secondary N) is 1. The molecule has 6 nitrogen and oxygen atoms in total. The number of morpholine rings is 1. The van der Waals surface area contributed by atoms with Crippen LogP contribution in [-0.2, 0) is 14.3 Å². The highest BCUT2D eigenvalue weighted by atomic mass is 16.5. The number of hydrogen-bond acceptors (Lipinski definition) is 4. The Morgan fingerprint density at radius 3 is 2.48 bits per heavy atom. The van der Waals surface area contributed by atoms with Gasteiger partial charge in [0.1, 0.15) is 0 Å². The SMILES string of the molecule is O=C(NC1CCCCC1)C1CC(=O)N(c2ccccc2N2CCOCC2)C1. The summed E-state index contributed by atoms with van der Waals surface area (Å²) < 4.78 is 5.45. The third kappa shape index (κ3) is 4.10. The zero-order chi connectivity index (χ0) is 18.6. The number of amides is 2. The topological polar surface area (TPSA) is 61.9 Å². The molecule has 2 amide bonds. The predicted octanol–water partition coefficient (Wildman–Crippen LogP) is 2.33. The predicted molar refractivity (Wildman–Crippen MR) is 105 cm³/mol. The largest absolute Gasteiger partial charge is 0.378 e. The minimum absolute atomic E-state index is 0.0412. The second kappa shape index (κ2) is 8.30. The Bertz CT molecular complexity index is 681. The van der Waals surface area contributed by atoms with Crippen molar-refractivity contribution in [3.8, 4) is 0 Å². The molecule has 3 aliphatic rings. The number of nitrogens with zero attached hydrogens (tertiary/aromatic N) is 2. The van der Waals surface area contributed by atoms with E-state index in [1.165, 1.54) is 19.3 Å². The van der Waals surface area contributed by atoms with E-state index in [1.807, 2.05) is 18.2 Å². The Balaban J connectivity index is 1.45. The number of anilines is 2. The molecule has 1 unspecified atom stereocenters. The highest BCUT2D eigenvalue weighted by molar-refractivity contribution is 6.02. The molecule has 1 N–H and O–H groups in total. The van der Waals surface area contributed by atoms with E-state index in [0.29, 0.717) is 26.2 Å². The van der Waals surface area contributed by atoms with Crippen LogP contribution < -0.4 is 15.1 Å². The fourth-order valence-corrected chi connectivity index (χ4v) is 4.45. The lowest BCUT2D eigenvalue weighted by Crippen LogP contribution is -2.41. The van der Waals surface area contributed by atoms with E-state index in [0.717, 1.165) is 37.3 Å². The molecule has 0 bridgehead atoms. The first-order chi connectivity index (χ1) is 13.2. The summed E-state index contributed by atoms with van der Waals surface area (Å²) in [5, 5.41) is 3.19. The Morgan fingerprint density at radius 1 is 1.04 bits per heavy atom. The summed E-state index contributed by atoms with van der Waals surface area (Å²) in [5.74, 6) is -0.168. The van der Waals surface area contributed by atoms with E-state index >= 15 is 0 Å². The average molecular weight is 371 g/mol. The van der Waals surface area contributed by atoms with Crippen LogP contribution in [0.2, 0.25) is 0 Å². The zero-order valence-electron chi connectivity index (χ0n) is 15.9. The zero-order valence-corrected chi connectivity index (χ0v) is 15.9. The molecular formula is C21H29N3O3. The number of rotatable bonds is 4. The van der Waals surface area contributed by atoms with Gasteiger partial charge in [0.2, 0.25) is 11.8 Å². The normalized spacial score (nSPS) is 24.3. The van der Waals surface area contributed by atoms with Crippen LogP contribution >= 0.6 is 0 Å². The second-order valence-electron chi connectivity index (χ2n) is 7.84. The Labute approximate surface area is 160 Å². The van der Waals surface area contributed by atoms with Crippen molar-refractivity contribution < 1.29 is 14.3 Å². The van der Waals surface area contributed by atoms with Crippen molar-refractivity contribution in [3.63, 3.8) is 0 Å². The summed E-state index contributed by atoms with van der Waals surface area (Å²) in [5.41, 5.74) is 1.97. The van der Waals surface area contributed by atoms with Crippen LogP contribution in [-0.4, -0.2) is 50.7 Å². The fraction of sp³-hybridized carbons (Fsp3) is 0.619. The minimum atomic E-state index is -0.253. The van der Waals surface area contributed by atoms with Crippen molar-refractivity contribution >= 4 is 23.2 Å². The summed E-state index contributed by atoms with van der Waals surface area (Å²) in [6.45, 7) is 3.53. The second-order valence-corrected chi connectivity index (χ2v) is 7.84. The van der Waals surface area contributed by atoms with Crippen molar-refractivity contribution in [2.75, 3.05) is 42.6 Å². The number of benzene rings is 1. The van der Waals surface area contributed by atoms with E-state index < -0.39 is 0 Å². The number of carbonyl (C=O) groups is 2. The average Bonchev–Trinajstić information content (AvgIpc) is 3.11. The molecule has 1 aromatic carbocycles. The summed E-state index contributed by atoms with van der Waals surface area (Å²) in [4.78, 5) is 29.5. The van der Waals surface area contributed by atoms with Gasteiger partial charge < -0.3 is 19.9 Å². The monoisotopic (exact) mass is 371 g/mol. The van der Waals surface area contributed by atoms with Crippen molar-refractivity contribution in [1.29, 1.82) is 0 Å². The van der Waals surface area contributed by atoms with Crippen LogP contribution in [0.15, 0.2) is 24.3 Å². The van der Waals surface area contributed by atoms with Gasteiger partial charge in [-0.15, -0.1) is 0 Å². The lowest BCUT2D eigenvalue weighted by Gasteiger charge is -2.32. The summed E-state index contributed by atoms with van der Waals surface area (Å²) >= 11 is 0. The molecule has 146 valence electrons. The van der Waals surface area contributed by atoms with Crippen molar-refractivity contribution in [1.82, 2.24) is 5.32 Å². The molecule has 1 atom stereocenters. The summed E-state index contributed by atoms with van der Waals surface area (Å²) in [6.07, 6.45) is 6.07. The van der Waals surface area contributed by atoms with Crippen LogP contribution in [0, 0.1) is 5.92 Å². The molecule has 0 radical (unpaired) electrons. The maximum Gasteiger partial charge on any atom is 0.227 e. The molecule has 4 rings (SSSR count). The molecule has 6 heteroatoms. The van der Waals surface area contributed by atoms with Gasteiger partial charge in [0.05, 0.1) is 30.5 Å². The molecule has 1 aliphatic carbocycles. The van der Waals surface area contributed by atoms with Gasteiger partial charge in [-0.1, -0.05) is 31.4 Å². The van der Waals surface area contributed by atoms with Crippen LogP contribution in [0.25, 0.3) is 0 Å². The molecule has 0 spiro atoms. The summed E-state index contributed by atoms with van der Waals surface area (Å²) in [6, 6.07) is 8.30. The Kier molecular flexibility index (Phi) is 5.62. The van der Waals surface area contributed by atoms with Gasteiger partial charge >= 0.3 is 0 Å². The van der Waals surface area contributed by atoms with E-state index in [1.54, 1.807) is 4.90 Å². The van der Waals surface area contributed by atoms with Crippen molar-refractivity contribution in [3.05, 3.63) is 24.3 Å². The number of hydrogen-bond donors (Lipinski definition) is 1. The van der Waals surface area contributed by atoms with Crippen molar-refractivity contribution in [2.24, 2.45) is 5.92 Å². The molecule has 27 heavy (non-hydrogen) atoms. The van der Waals surface area contributed by atoms with Gasteiger partial charge in [-0.2, -0.15) is 0 Å². The number of carbonyl (C=O) groups excluding carboxylic acids is 2. The van der Waals surface area contributed by atoms with E-state index in [4.69, 9.17) is 4.74 Å². The summed E-state index contributed by atoms with van der Waals surface area (Å²) in [7, 11) is 0. The van der Waals surface area contributed by atoms with Gasteiger partial charge in [0.15, 0.2) is 0 Å². The first-order valence-corrected chi connectivity index (χ1v) is 10.2. The van der Waals surface area contributed by atoms with Crippen LogP contribution in [0.5, 0.6) is 0 Å². The Hall–Kier alpha value is -2.08. The lowest BCUT2D eigenvalue weighted by atomic mass is 9.95. The standard InChI is InChI=1S/C21H29N3O3/c25-20-14-16(21(26)22-17-6-2-1-3-7-17)15-24(20)19-9-5-4-8-18(19)23-10-12-27-13-11-23/h4-5,8-9,16-17H,1-3,6-7,10-15H2,(H,22,26).